The largest absolute Gasteiger partial charge is 0.390 e. The van der Waals surface area contributed by atoms with E-state index < -0.39 is 45.6 Å². The Morgan fingerprint density at radius 2 is 1.62 bits per heavy atom. The molecule has 2 heterocycles. The van der Waals surface area contributed by atoms with Crippen molar-refractivity contribution in [2.24, 2.45) is 16.5 Å². The number of pyridine rings is 1. The lowest BCUT2D eigenvalue weighted by Gasteiger charge is -2.38. The average molecular weight is 737 g/mol. The van der Waals surface area contributed by atoms with Crippen LogP contribution in [0.2, 0.25) is 0 Å². The van der Waals surface area contributed by atoms with Gasteiger partial charge in [0.1, 0.15) is 12.6 Å². The first kappa shape index (κ1) is 40.5. The number of rotatable bonds is 17. The summed E-state index contributed by atoms with van der Waals surface area (Å²) in [5, 5.41) is 27.7. The molecule has 0 saturated carbocycles. The Labute approximate surface area is 307 Å². The number of urea groups is 1. The molecule has 3 N–H and O–H groups in total. The number of nitrogens with zero attached hydrogens (tertiary/aromatic N) is 5. The normalized spacial score (nSPS) is 16.2. The van der Waals surface area contributed by atoms with Crippen LogP contribution in [0.3, 0.4) is 0 Å². The van der Waals surface area contributed by atoms with E-state index in [9.17, 15) is 33.1 Å². The van der Waals surface area contributed by atoms with E-state index in [1.54, 1.807) is 34.9 Å². The van der Waals surface area contributed by atoms with E-state index in [0.29, 0.717) is 23.5 Å². The van der Waals surface area contributed by atoms with Gasteiger partial charge in [-0.3, -0.25) is 9.78 Å². The average Bonchev–Trinajstić information content (AvgIpc) is 3.42. The highest BCUT2D eigenvalue weighted by atomic mass is 32.2. The van der Waals surface area contributed by atoms with Crippen LogP contribution in [0.15, 0.2) is 82.9 Å². The Morgan fingerprint density at radius 3 is 2.21 bits per heavy atom. The number of aliphatic hydroxyl groups is 2. The Balaban J connectivity index is 1.59. The van der Waals surface area contributed by atoms with Crippen molar-refractivity contribution in [1.29, 1.82) is 0 Å². The standard InChI is InChI=1S/C38H52N6O7S/c1-26(2)23-43(52(50,51)31-17-15-29(16-18-31)22-39-49)25-34(46)33(21-28-11-8-7-9-12-28)41-36(47)35(38(4,5)6)44-20-19-42(37(44)48)24-30-13-10-14-32(40-30)27(3)45/h7-18,26-27,33-35,45-46H,19-25H2,1-6H3,(H,41,47)/t27?,33-,34+,35+/m0/s1. The Kier molecular flexibility index (Phi) is 13.7. The minimum atomic E-state index is -4.08. The Bertz CT molecular complexity index is 1760. The van der Waals surface area contributed by atoms with E-state index in [2.05, 4.69) is 15.5 Å². The molecular weight excluding hydrogens is 685 g/mol. The van der Waals surface area contributed by atoms with Gasteiger partial charge in [0.2, 0.25) is 15.9 Å². The van der Waals surface area contributed by atoms with Gasteiger partial charge in [-0.05, 0) is 60.1 Å². The van der Waals surface area contributed by atoms with Crippen molar-refractivity contribution in [2.45, 2.75) is 90.2 Å². The molecule has 1 saturated heterocycles. The van der Waals surface area contributed by atoms with Gasteiger partial charge in [0.15, 0.2) is 0 Å². The minimum absolute atomic E-state index is 0.0105. The molecule has 0 bridgehead atoms. The highest BCUT2D eigenvalue weighted by molar-refractivity contribution is 7.89. The van der Waals surface area contributed by atoms with Crippen LogP contribution in [-0.4, -0.2) is 94.0 Å². The summed E-state index contributed by atoms with van der Waals surface area (Å²) in [6.07, 6.45) is -1.87. The molecule has 282 valence electrons. The monoisotopic (exact) mass is 736 g/mol. The second-order valence-electron chi connectivity index (χ2n) is 14.9. The molecule has 1 aliphatic rings. The van der Waals surface area contributed by atoms with Crippen LogP contribution in [0.4, 0.5) is 4.79 Å². The lowest BCUT2D eigenvalue weighted by molar-refractivity contribution is -0.130. The molecule has 1 aliphatic heterocycles. The summed E-state index contributed by atoms with van der Waals surface area (Å²) < 4.78 is 29.1. The van der Waals surface area contributed by atoms with Gasteiger partial charge in [-0.2, -0.15) is 9.21 Å². The fourth-order valence-corrected chi connectivity index (χ4v) is 8.04. The number of benzene rings is 2. The van der Waals surface area contributed by atoms with Crippen LogP contribution in [-0.2, 0) is 34.3 Å². The second kappa shape index (κ2) is 17.5. The maximum absolute atomic E-state index is 14.3. The molecule has 4 rings (SSSR count). The van der Waals surface area contributed by atoms with Gasteiger partial charge < -0.3 is 25.3 Å². The van der Waals surface area contributed by atoms with E-state index in [1.807, 2.05) is 65.0 Å². The van der Waals surface area contributed by atoms with Crippen LogP contribution in [0, 0.1) is 16.2 Å². The molecule has 4 atom stereocenters. The number of hydrogen-bond donors (Lipinski definition) is 3. The summed E-state index contributed by atoms with van der Waals surface area (Å²) in [6.45, 7) is 11.6. The molecule has 1 unspecified atom stereocenters. The first-order valence-electron chi connectivity index (χ1n) is 17.6. The first-order valence-corrected chi connectivity index (χ1v) is 19.0. The van der Waals surface area contributed by atoms with Crippen LogP contribution in [0.5, 0.6) is 0 Å². The van der Waals surface area contributed by atoms with E-state index in [1.165, 1.54) is 28.6 Å². The molecule has 3 aromatic rings. The Hall–Kier alpha value is -4.24. The highest BCUT2D eigenvalue weighted by Crippen LogP contribution is 2.29. The summed E-state index contributed by atoms with van der Waals surface area (Å²) in [4.78, 5) is 46.5. The number of carbonyl (C=O) groups excluding carboxylic acids is 2. The predicted molar refractivity (Wildman–Crippen MR) is 198 cm³/mol. The van der Waals surface area contributed by atoms with Crippen LogP contribution in [0.1, 0.15) is 70.2 Å². The number of nitrogens with one attached hydrogen (secondary N) is 1. The van der Waals surface area contributed by atoms with Crippen molar-refractivity contribution in [1.82, 2.24) is 24.4 Å². The lowest BCUT2D eigenvalue weighted by Crippen LogP contribution is -2.59. The van der Waals surface area contributed by atoms with Crippen molar-refractivity contribution < 1.29 is 28.2 Å². The molecule has 0 aliphatic carbocycles. The summed E-state index contributed by atoms with van der Waals surface area (Å²) in [5.74, 6) is -0.545. The maximum atomic E-state index is 14.3. The van der Waals surface area contributed by atoms with Gasteiger partial charge in [-0.15, -0.1) is 0 Å². The van der Waals surface area contributed by atoms with Gasteiger partial charge in [0, 0.05) is 26.2 Å². The van der Waals surface area contributed by atoms with E-state index in [4.69, 9.17) is 0 Å². The van der Waals surface area contributed by atoms with Crippen LogP contribution < -0.4 is 5.32 Å². The second-order valence-corrected chi connectivity index (χ2v) is 16.9. The Morgan fingerprint density at radius 1 is 0.942 bits per heavy atom. The van der Waals surface area contributed by atoms with Crippen molar-refractivity contribution in [3.8, 4) is 0 Å². The molecule has 13 nitrogen and oxygen atoms in total. The first-order chi connectivity index (χ1) is 24.5. The fraction of sp³-hybridized carbons (Fsp3) is 0.500. The third-order valence-electron chi connectivity index (χ3n) is 8.97. The smallest absolute Gasteiger partial charge is 0.321 e. The highest BCUT2D eigenvalue weighted by Gasteiger charge is 2.44. The SMILES string of the molecule is CC(C)CN(C[C@@H](O)[C@H](Cc1ccccc1)NC(=O)[C@@H](N1CCN(Cc2cccc(C(C)O)n2)C1=O)C(C)(C)C)S(=O)(=O)c1ccc(CN=O)cc1. The molecule has 0 radical (unpaired) electrons. The van der Waals surface area contributed by atoms with Gasteiger partial charge in [0.05, 0.1) is 41.1 Å². The number of sulfonamides is 1. The van der Waals surface area contributed by atoms with Crippen molar-refractivity contribution >= 4 is 22.0 Å². The molecule has 3 amide bonds. The number of hydrogen-bond acceptors (Lipinski definition) is 9. The summed E-state index contributed by atoms with van der Waals surface area (Å²) in [5.41, 5.74) is 1.81. The lowest BCUT2D eigenvalue weighted by atomic mass is 9.84. The van der Waals surface area contributed by atoms with Gasteiger partial charge >= 0.3 is 6.03 Å². The molecule has 1 fully saturated rings. The number of aliphatic hydroxyl groups excluding tert-OH is 2. The van der Waals surface area contributed by atoms with Crippen LogP contribution >= 0.6 is 0 Å². The number of amides is 3. The third kappa shape index (κ3) is 10.4. The van der Waals surface area contributed by atoms with E-state index in [0.717, 1.165) is 5.56 Å². The van der Waals surface area contributed by atoms with Crippen molar-refractivity contribution in [3.63, 3.8) is 0 Å². The zero-order valence-electron chi connectivity index (χ0n) is 30.8. The fourth-order valence-electron chi connectivity index (χ4n) is 6.42. The van der Waals surface area contributed by atoms with E-state index >= 15 is 0 Å². The third-order valence-corrected chi connectivity index (χ3v) is 10.8. The maximum Gasteiger partial charge on any atom is 0.321 e. The molecular formula is C38H52N6O7S. The minimum Gasteiger partial charge on any atom is -0.390 e. The molecule has 52 heavy (non-hydrogen) atoms. The molecule has 0 spiro atoms. The number of nitroso groups, excluding NO2 is 1. The molecule has 2 aromatic carbocycles. The zero-order chi connectivity index (χ0) is 38.2. The van der Waals surface area contributed by atoms with E-state index in [-0.39, 0.29) is 56.0 Å². The topological polar surface area (TPSA) is 173 Å². The molecule has 14 heteroatoms. The summed E-state index contributed by atoms with van der Waals surface area (Å²) >= 11 is 0. The predicted octanol–water partition coefficient (Wildman–Crippen LogP) is 4.49. The van der Waals surface area contributed by atoms with Crippen molar-refractivity contribution in [2.75, 3.05) is 26.2 Å². The van der Waals surface area contributed by atoms with Gasteiger partial charge in [-0.25, -0.2) is 13.2 Å². The van der Waals surface area contributed by atoms with Gasteiger partial charge in [-0.1, -0.05) is 88.3 Å². The van der Waals surface area contributed by atoms with Gasteiger partial charge in [0.25, 0.3) is 0 Å². The summed E-state index contributed by atoms with van der Waals surface area (Å²) in [7, 11) is -4.08. The number of aromatic nitrogens is 1. The van der Waals surface area contributed by atoms with Crippen LogP contribution in [0.25, 0.3) is 0 Å². The van der Waals surface area contributed by atoms with Crippen molar-refractivity contribution in [3.05, 3.63) is 100 Å². The zero-order valence-corrected chi connectivity index (χ0v) is 31.7. The number of carbonyl (C=O) groups is 2. The molecule has 1 aromatic heterocycles. The quantitative estimate of drug-likeness (QED) is 0.170. The summed E-state index contributed by atoms with van der Waals surface area (Å²) in [6, 6.07) is 18.3.